The SMILES string of the molecule is NNc1ncc([N+](=O)[O-])c(NCCCOCC2CC2)n1. The van der Waals surface area contributed by atoms with Gasteiger partial charge in [-0.1, -0.05) is 0 Å². The van der Waals surface area contributed by atoms with E-state index in [1.54, 1.807) is 0 Å². The molecule has 1 aliphatic carbocycles. The molecule has 0 spiro atoms. The van der Waals surface area contributed by atoms with Crippen molar-refractivity contribution in [2.45, 2.75) is 19.3 Å². The maximum Gasteiger partial charge on any atom is 0.329 e. The molecule has 1 aliphatic rings. The van der Waals surface area contributed by atoms with Crippen LogP contribution in [0.4, 0.5) is 17.5 Å². The first-order chi connectivity index (χ1) is 9.70. The second-order valence-electron chi connectivity index (χ2n) is 4.63. The van der Waals surface area contributed by atoms with Gasteiger partial charge in [0.25, 0.3) is 0 Å². The summed E-state index contributed by atoms with van der Waals surface area (Å²) in [7, 11) is 0. The van der Waals surface area contributed by atoms with Crippen molar-refractivity contribution in [3.8, 4) is 0 Å². The fourth-order valence-corrected chi connectivity index (χ4v) is 1.62. The quantitative estimate of drug-likeness (QED) is 0.264. The minimum absolute atomic E-state index is 0.128. The zero-order chi connectivity index (χ0) is 14.4. The van der Waals surface area contributed by atoms with Crippen LogP contribution in [-0.4, -0.2) is 34.6 Å². The van der Waals surface area contributed by atoms with Crippen LogP contribution in [0.2, 0.25) is 0 Å². The van der Waals surface area contributed by atoms with Crippen molar-refractivity contribution in [2.24, 2.45) is 11.8 Å². The molecule has 0 bridgehead atoms. The fraction of sp³-hybridized carbons (Fsp3) is 0.636. The monoisotopic (exact) mass is 282 g/mol. The smallest absolute Gasteiger partial charge is 0.329 e. The highest BCUT2D eigenvalue weighted by molar-refractivity contribution is 5.56. The number of ether oxygens (including phenoxy) is 1. The molecule has 20 heavy (non-hydrogen) atoms. The molecule has 2 rings (SSSR count). The molecule has 1 aromatic heterocycles. The number of nitro groups is 1. The van der Waals surface area contributed by atoms with Gasteiger partial charge in [-0.2, -0.15) is 4.98 Å². The minimum Gasteiger partial charge on any atom is -0.381 e. The number of aromatic nitrogens is 2. The molecular weight excluding hydrogens is 264 g/mol. The van der Waals surface area contributed by atoms with Gasteiger partial charge in [0.1, 0.15) is 6.20 Å². The Hall–Kier alpha value is -2.00. The van der Waals surface area contributed by atoms with Gasteiger partial charge in [-0.15, -0.1) is 0 Å². The number of nitrogens with zero attached hydrogens (tertiary/aromatic N) is 3. The first kappa shape index (κ1) is 14.4. The van der Waals surface area contributed by atoms with Crippen molar-refractivity contribution < 1.29 is 9.66 Å². The average Bonchev–Trinajstić information content (AvgIpc) is 3.26. The van der Waals surface area contributed by atoms with Crippen LogP contribution in [0.5, 0.6) is 0 Å². The summed E-state index contributed by atoms with van der Waals surface area (Å²) < 4.78 is 5.48. The van der Waals surface area contributed by atoms with Crippen molar-refractivity contribution >= 4 is 17.5 Å². The number of hydrogen-bond donors (Lipinski definition) is 3. The van der Waals surface area contributed by atoms with Crippen LogP contribution in [0.15, 0.2) is 6.20 Å². The summed E-state index contributed by atoms with van der Waals surface area (Å²) in [5.74, 6) is 6.20. The predicted molar refractivity (Wildman–Crippen MR) is 73.1 cm³/mol. The zero-order valence-corrected chi connectivity index (χ0v) is 11.0. The van der Waals surface area contributed by atoms with Crippen molar-refractivity contribution in [3.63, 3.8) is 0 Å². The van der Waals surface area contributed by atoms with Crippen LogP contribution < -0.4 is 16.6 Å². The third-order valence-electron chi connectivity index (χ3n) is 2.90. The first-order valence-corrected chi connectivity index (χ1v) is 6.50. The van der Waals surface area contributed by atoms with E-state index >= 15 is 0 Å². The highest BCUT2D eigenvalue weighted by Gasteiger charge is 2.21. The van der Waals surface area contributed by atoms with E-state index in [9.17, 15) is 10.1 Å². The Morgan fingerprint density at radius 2 is 2.35 bits per heavy atom. The lowest BCUT2D eigenvalue weighted by Gasteiger charge is -2.07. The molecule has 0 aromatic carbocycles. The Morgan fingerprint density at radius 1 is 1.55 bits per heavy atom. The van der Waals surface area contributed by atoms with Gasteiger partial charge in [-0.3, -0.25) is 15.5 Å². The molecule has 4 N–H and O–H groups in total. The second kappa shape index (κ2) is 6.96. The van der Waals surface area contributed by atoms with Crippen molar-refractivity contribution in [3.05, 3.63) is 16.3 Å². The number of nitrogens with one attached hydrogen (secondary N) is 2. The zero-order valence-electron chi connectivity index (χ0n) is 11.0. The topological polar surface area (TPSA) is 128 Å². The molecule has 1 heterocycles. The van der Waals surface area contributed by atoms with Crippen molar-refractivity contribution in [1.82, 2.24) is 9.97 Å². The van der Waals surface area contributed by atoms with E-state index in [2.05, 4.69) is 20.7 Å². The van der Waals surface area contributed by atoms with E-state index in [4.69, 9.17) is 10.6 Å². The summed E-state index contributed by atoms with van der Waals surface area (Å²) in [6.45, 7) is 1.98. The molecule has 0 radical (unpaired) electrons. The van der Waals surface area contributed by atoms with Gasteiger partial charge < -0.3 is 10.1 Å². The van der Waals surface area contributed by atoms with Crippen molar-refractivity contribution in [2.75, 3.05) is 30.5 Å². The number of nitrogen functional groups attached to an aromatic ring is 1. The Kier molecular flexibility index (Phi) is 5.02. The van der Waals surface area contributed by atoms with Crippen LogP contribution in [0, 0.1) is 16.0 Å². The molecule has 0 unspecified atom stereocenters. The molecule has 9 nitrogen and oxygen atoms in total. The number of rotatable bonds is 9. The molecule has 0 amide bonds. The van der Waals surface area contributed by atoms with Crippen LogP contribution >= 0.6 is 0 Å². The van der Waals surface area contributed by atoms with E-state index < -0.39 is 4.92 Å². The van der Waals surface area contributed by atoms with Crippen LogP contribution in [0.3, 0.4) is 0 Å². The van der Waals surface area contributed by atoms with E-state index in [1.807, 2.05) is 0 Å². The fourth-order valence-electron chi connectivity index (χ4n) is 1.62. The number of anilines is 2. The third-order valence-corrected chi connectivity index (χ3v) is 2.90. The predicted octanol–water partition coefficient (Wildman–Crippen LogP) is 0.899. The van der Waals surface area contributed by atoms with Gasteiger partial charge in [-0.25, -0.2) is 10.8 Å². The molecule has 1 aromatic rings. The lowest BCUT2D eigenvalue weighted by molar-refractivity contribution is -0.384. The largest absolute Gasteiger partial charge is 0.381 e. The molecule has 1 saturated carbocycles. The lowest BCUT2D eigenvalue weighted by atomic mass is 10.4. The van der Waals surface area contributed by atoms with Crippen LogP contribution in [0.1, 0.15) is 19.3 Å². The summed E-state index contributed by atoms with van der Waals surface area (Å²) in [5, 5.41) is 13.8. The molecule has 110 valence electrons. The maximum absolute atomic E-state index is 10.8. The Labute approximate surface area is 116 Å². The number of hydrazine groups is 1. The number of hydrogen-bond acceptors (Lipinski definition) is 8. The van der Waals surface area contributed by atoms with Gasteiger partial charge in [-0.05, 0) is 25.2 Å². The van der Waals surface area contributed by atoms with E-state index in [0.717, 1.165) is 25.1 Å². The van der Waals surface area contributed by atoms with Crippen molar-refractivity contribution in [1.29, 1.82) is 0 Å². The molecule has 9 heteroatoms. The van der Waals surface area contributed by atoms with Gasteiger partial charge in [0.15, 0.2) is 0 Å². The average molecular weight is 282 g/mol. The van der Waals surface area contributed by atoms with E-state index in [0.29, 0.717) is 13.2 Å². The summed E-state index contributed by atoms with van der Waals surface area (Å²) in [6, 6.07) is 0. The Morgan fingerprint density at radius 3 is 3.00 bits per heavy atom. The molecule has 0 atom stereocenters. The molecule has 0 saturated heterocycles. The van der Waals surface area contributed by atoms with Crippen LogP contribution in [0.25, 0.3) is 0 Å². The van der Waals surface area contributed by atoms with Crippen LogP contribution in [-0.2, 0) is 4.74 Å². The highest BCUT2D eigenvalue weighted by atomic mass is 16.6. The van der Waals surface area contributed by atoms with Gasteiger partial charge in [0.05, 0.1) is 4.92 Å². The highest BCUT2D eigenvalue weighted by Crippen LogP contribution is 2.28. The van der Waals surface area contributed by atoms with E-state index in [-0.39, 0.29) is 17.5 Å². The summed E-state index contributed by atoms with van der Waals surface area (Å²) in [5.41, 5.74) is 2.08. The molecule has 0 aliphatic heterocycles. The number of nitrogens with two attached hydrogens (primary N) is 1. The first-order valence-electron chi connectivity index (χ1n) is 6.50. The summed E-state index contributed by atoms with van der Waals surface area (Å²) in [6.07, 6.45) is 4.40. The lowest BCUT2D eigenvalue weighted by Crippen LogP contribution is -2.14. The van der Waals surface area contributed by atoms with Gasteiger partial charge in [0, 0.05) is 19.8 Å². The van der Waals surface area contributed by atoms with Gasteiger partial charge >= 0.3 is 5.69 Å². The summed E-state index contributed by atoms with van der Waals surface area (Å²) >= 11 is 0. The van der Waals surface area contributed by atoms with E-state index in [1.165, 1.54) is 12.8 Å². The minimum atomic E-state index is -0.535. The normalized spacial score (nSPS) is 14.1. The maximum atomic E-state index is 10.8. The molecular formula is C11H18N6O3. The third kappa shape index (κ3) is 4.28. The summed E-state index contributed by atoms with van der Waals surface area (Å²) in [4.78, 5) is 17.9. The second-order valence-corrected chi connectivity index (χ2v) is 4.63. The Bertz CT molecular complexity index is 465. The Balaban J connectivity index is 1.78. The van der Waals surface area contributed by atoms with Gasteiger partial charge in [0.2, 0.25) is 11.8 Å². The standard InChI is InChI=1S/C11H18N6O3/c12-16-11-14-6-9(17(18)19)10(15-11)13-4-1-5-20-7-8-2-3-8/h6,8H,1-5,7,12H2,(H2,13,14,15,16). The molecule has 1 fully saturated rings.